The minimum Gasteiger partial charge on any atom is -0.242 e. The molecule has 0 amide bonds. The lowest BCUT2D eigenvalue weighted by molar-refractivity contribution is 1.06. The fourth-order valence-electron chi connectivity index (χ4n) is 1.98. The summed E-state index contributed by atoms with van der Waals surface area (Å²) >= 11 is 0. The molecule has 20 heavy (non-hydrogen) atoms. The van der Waals surface area contributed by atoms with Gasteiger partial charge in [-0.1, -0.05) is 18.2 Å². The monoisotopic (exact) mass is 262 g/mol. The zero-order valence-corrected chi connectivity index (χ0v) is 11.4. The molecule has 0 aliphatic heterocycles. The van der Waals surface area contributed by atoms with Crippen molar-refractivity contribution in [1.29, 1.82) is 0 Å². The summed E-state index contributed by atoms with van der Waals surface area (Å²) in [5, 5.41) is 0. The fraction of sp³-hybridized carbons (Fsp3) is 0.125. The van der Waals surface area contributed by atoms with E-state index in [9.17, 15) is 0 Å². The molecule has 0 radical (unpaired) electrons. The molecule has 98 valence electrons. The first kappa shape index (κ1) is 12.4. The number of aromatic nitrogens is 4. The maximum Gasteiger partial charge on any atom is 0.159 e. The van der Waals surface area contributed by atoms with Crippen LogP contribution in [-0.4, -0.2) is 19.9 Å². The van der Waals surface area contributed by atoms with Crippen molar-refractivity contribution < 1.29 is 0 Å². The molecule has 0 unspecified atom stereocenters. The molecule has 2 heterocycles. The zero-order chi connectivity index (χ0) is 13.9. The molecule has 0 N–H and O–H groups in total. The highest BCUT2D eigenvalue weighted by atomic mass is 14.9. The third kappa shape index (κ3) is 2.54. The maximum atomic E-state index is 4.44. The predicted molar refractivity (Wildman–Crippen MR) is 78.0 cm³/mol. The average molecular weight is 262 g/mol. The van der Waals surface area contributed by atoms with Crippen LogP contribution in [0.1, 0.15) is 11.4 Å². The molecule has 3 rings (SSSR count). The van der Waals surface area contributed by atoms with E-state index >= 15 is 0 Å². The number of nitrogens with zero attached hydrogens (tertiary/aromatic N) is 4. The first-order valence-corrected chi connectivity index (χ1v) is 6.41. The van der Waals surface area contributed by atoms with E-state index in [4.69, 9.17) is 0 Å². The van der Waals surface area contributed by atoms with E-state index in [1.54, 1.807) is 6.20 Å². The highest BCUT2D eigenvalue weighted by Gasteiger charge is 2.05. The normalized spacial score (nSPS) is 10.5. The van der Waals surface area contributed by atoms with Gasteiger partial charge in [0.1, 0.15) is 5.82 Å². The van der Waals surface area contributed by atoms with E-state index in [1.165, 1.54) is 0 Å². The molecule has 0 saturated carbocycles. The molecule has 0 atom stereocenters. The van der Waals surface area contributed by atoms with Crippen molar-refractivity contribution in [3.63, 3.8) is 0 Å². The highest BCUT2D eigenvalue weighted by Crippen LogP contribution is 2.22. The summed E-state index contributed by atoms with van der Waals surface area (Å²) in [4.78, 5) is 17.3. The summed E-state index contributed by atoms with van der Waals surface area (Å²) in [7, 11) is 0. The number of hydrogen-bond donors (Lipinski definition) is 0. The van der Waals surface area contributed by atoms with Gasteiger partial charge in [-0.05, 0) is 31.5 Å². The number of rotatable bonds is 2. The Kier molecular flexibility index (Phi) is 3.21. The van der Waals surface area contributed by atoms with E-state index in [0.717, 1.165) is 34.0 Å². The van der Waals surface area contributed by atoms with Crippen molar-refractivity contribution in [3.05, 3.63) is 60.3 Å². The Labute approximate surface area is 117 Å². The largest absolute Gasteiger partial charge is 0.242 e. The van der Waals surface area contributed by atoms with Crippen LogP contribution < -0.4 is 0 Å². The van der Waals surface area contributed by atoms with Crippen molar-refractivity contribution in [3.8, 4) is 22.6 Å². The lowest BCUT2D eigenvalue weighted by atomic mass is 10.1. The van der Waals surface area contributed by atoms with Gasteiger partial charge in [0.25, 0.3) is 0 Å². The van der Waals surface area contributed by atoms with Crippen molar-refractivity contribution in [2.24, 2.45) is 0 Å². The molecule has 2 aromatic heterocycles. The Hall–Kier alpha value is -2.62. The minimum absolute atomic E-state index is 0.725. The molecule has 0 fully saturated rings. The molecular formula is C16H14N4. The van der Waals surface area contributed by atoms with E-state index in [2.05, 4.69) is 19.9 Å². The number of aryl methyl sites for hydroxylation is 2. The Morgan fingerprint density at radius 1 is 0.850 bits per heavy atom. The van der Waals surface area contributed by atoms with Crippen molar-refractivity contribution in [1.82, 2.24) is 19.9 Å². The standard InChI is InChI=1S/C16H14N4/c1-11-9-18-16(19-10-11)14-5-3-4-13(8-14)15-6-7-17-12(2)20-15/h3-10H,1-2H3. The summed E-state index contributed by atoms with van der Waals surface area (Å²) in [6, 6.07) is 9.97. The van der Waals surface area contributed by atoms with Gasteiger partial charge in [-0.25, -0.2) is 19.9 Å². The second-order valence-corrected chi connectivity index (χ2v) is 4.65. The maximum absolute atomic E-state index is 4.44. The van der Waals surface area contributed by atoms with Crippen molar-refractivity contribution in [2.75, 3.05) is 0 Å². The second kappa shape index (κ2) is 5.17. The van der Waals surface area contributed by atoms with Crippen LogP contribution in [0.2, 0.25) is 0 Å². The van der Waals surface area contributed by atoms with Crippen LogP contribution in [0.3, 0.4) is 0 Å². The van der Waals surface area contributed by atoms with Crippen LogP contribution in [0.15, 0.2) is 48.9 Å². The van der Waals surface area contributed by atoms with Gasteiger partial charge in [0, 0.05) is 29.7 Å². The second-order valence-electron chi connectivity index (χ2n) is 4.65. The van der Waals surface area contributed by atoms with Crippen LogP contribution >= 0.6 is 0 Å². The van der Waals surface area contributed by atoms with Crippen LogP contribution in [0.5, 0.6) is 0 Å². The van der Waals surface area contributed by atoms with Crippen LogP contribution in [0.25, 0.3) is 22.6 Å². The summed E-state index contributed by atoms with van der Waals surface area (Å²) in [5.74, 6) is 1.49. The van der Waals surface area contributed by atoms with Crippen molar-refractivity contribution in [2.45, 2.75) is 13.8 Å². The van der Waals surface area contributed by atoms with Crippen molar-refractivity contribution >= 4 is 0 Å². The third-order valence-electron chi connectivity index (χ3n) is 2.97. The van der Waals surface area contributed by atoms with E-state index in [1.807, 2.05) is 56.6 Å². The van der Waals surface area contributed by atoms with E-state index < -0.39 is 0 Å². The molecule has 0 bridgehead atoms. The van der Waals surface area contributed by atoms with Gasteiger partial charge in [-0.15, -0.1) is 0 Å². The molecule has 0 spiro atoms. The van der Waals surface area contributed by atoms with Crippen LogP contribution in [-0.2, 0) is 0 Å². The van der Waals surface area contributed by atoms with Crippen LogP contribution in [0.4, 0.5) is 0 Å². The molecule has 0 aliphatic rings. The highest BCUT2D eigenvalue weighted by molar-refractivity contribution is 5.67. The molecule has 0 saturated heterocycles. The molecule has 3 aromatic rings. The first-order valence-electron chi connectivity index (χ1n) is 6.41. The van der Waals surface area contributed by atoms with Gasteiger partial charge in [0.15, 0.2) is 5.82 Å². The van der Waals surface area contributed by atoms with Gasteiger partial charge >= 0.3 is 0 Å². The summed E-state index contributed by atoms with van der Waals surface area (Å²) in [5.41, 5.74) is 3.98. The van der Waals surface area contributed by atoms with Gasteiger partial charge in [-0.2, -0.15) is 0 Å². The Balaban J connectivity index is 2.03. The number of hydrogen-bond acceptors (Lipinski definition) is 4. The van der Waals surface area contributed by atoms with E-state index in [0.29, 0.717) is 0 Å². The lowest BCUT2D eigenvalue weighted by Gasteiger charge is -2.05. The molecule has 4 heteroatoms. The Bertz CT molecular complexity index is 735. The Morgan fingerprint density at radius 3 is 2.35 bits per heavy atom. The minimum atomic E-state index is 0.725. The summed E-state index contributed by atoms with van der Waals surface area (Å²) < 4.78 is 0. The third-order valence-corrected chi connectivity index (χ3v) is 2.97. The molecular weight excluding hydrogens is 248 g/mol. The van der Waals surface area contributed by atoms with E-state index in [-0.39, 0.29) is 0 Å². The lowest BCUT2D eigenvalue weighted by Crippen LogP contribution is -1.92. The van der Waals surface area contributed by atoms with Crippen LogP contribution in [0, 0.1) is 13.8 Å². The zero-order valence-electron chi connectivity index (χ0n) is 11.4. The van der Waals surface area contributed by atoms with Gasteiger partial charge in [0.2, 0.25) is 0 Å². The Morgan fingerprint density at radius 2 is 1.60 bits per heavy atom. The first-order chi connectivity index (χ1) is 9.72. The fourth-order valence-corrected chi connectivity index (χ4v) is 1.98. The average Bonchev–Trinajstić information content (AvgIpc) is 2.48. The predicted octanol–water partition coefficient (Wildman–Crippen LogP) is 3.22. The number of benzene rings is 1. The molecule has 1 aromatic carbocycles. The SMILES string of the molecule is Cc1cnc(-c2cccc(-c3ccnc(C)n3)c2)nc1. The molecule has 0 aliphatic carbocycles. The van der Waals surface area contributed by atoms with Gasteiger partial charge in [0.05, 0.1) is 5.69 Å². The molecule has 4 nitrogen and oxygen atoms in total. The smallest absolute Gasteiger partial charge is 0.159 e. The topological polar surface area (TPSA) is 51.6 Å². The quantitative estimate of drug-likeness (QED) is 0.711. The summed E-state index contributed by atoms with van der Waals surface area (Å²) in [6.45, 7) is 3.86. The van der Waals surface area contributed by atoms with Gasteiger partial charge in [-0.3, -0.25) is 0 Å². The summed E-state index contributed by atoms with van der Waals surface area (Å²) in [6.07, 6.45) is 5.42. The van der Waals surface area contributed by atoms with Gasteiger partial charge < -0.3 is 0 Å².